The van der Waals surface area contributed by atoms with Gasteiger partial charge < -0.3 is 21.5 Å². The number of nitrogens with two attached hydrogens (primary N) is 2. The zero-order valence-corrected chi connectivity index (χ0v) is 23.5. The fourth-order valence-corrected chi connectivity index (χ4v) is 6.08. The molecule has 0 unspecified atom stereocenters. The lowest BCUT2D eigenvalue weighted by Gasteiger charge is -2.57. The van der Waals surface area contributed by atoms with Gasteiger partial charge in [0, 0.05) is 29.4 Å². The van der Waals surface area contributed by atoms with Crippen molar-refractivity contribution in [2.45, 2.75) is 63.8 Å². The van der Waals surface area contributed by atoms with E-state index in [0.717, 1.165) is 25.7 Å². The van der Waals surface area contributed by atoms with Crippen LogP contribution in [-0.4, -0.2) is 54.4 Å². The van der Waals surface area contributed by atoms with Crippen LogP contribution >= 0.6 is 0 Å². The molecule has 0 saturated heterocycles. The number of carbonyl (C=O) groups is 3. The van der Waals surface area contributed by atoms with E-state index < -0.39 is 29.8 Å². The first kappa shape index (κ1) is 28.2. The van der Waals surface area contributed by atoms with Gasteiger partial charge in [-0.25, -0.2) is 14.3 Å². The molecule has 1 spiro atoms. The first-order valence-electron chi connectivity index (χ1n) is 13.7. The highest BCUT2D eigenvalue weighted by Gasteiger charge is 2.54. The molecule has 3 aromatic heterocycles. The summed E-state index contributed by atoms with van der Waals surface area (Å²) in [6.07, 6.45) is 7.03. The lowest BCUT2D eigenvalue weighted by molar-refractivity contribution is -0.125. The maximum absolute atomic E-state index is 13.5. The van der Waals surface area contributed by atoms with E-state index in [1.807, 2.05) is 0 Å². The van der Waals surface area contributed by atoms with E-state index in [4.69, 9.17) is 16.2 Å². The van der Waals surface area contributed by atoms with E-state index in [2.05, 4.69) is 20.5 Å². The van der Waals surface area contributed by atoms with Gasteiger partial charge in [-0.05, 0) is 74.8 Å². The molecule has 12 nitrogen and oxygen atoms in total. The molecule has 1 aromatic carbocycles. The Hall–Kier alpha value is -4.88. The minimum atomic E-state index is -2.79. The number of nitrogens with one attached hydrogen (secondary N) is 1. The summed E-state index contributed by atoms with van der Waals surface area (Å²) in [5.74, 6) is -1.42. The Labute approximate surface area is 244 Å². The van der Waals surface area contributed by atoms with Gasteiger partial charge in [0.25, 0.3) is 11.8 Å². The highest BCUT2D eigenvalue weighted by molar-refractivity contribution is 6.06. The van der Waals surface area contributed by atoms with E-state index in [-0.39, 0.29) is 34.7 Å². The molecule has 2 saturated carbocycles. The molecule has 3 amide bonds. The number of hydrogen-bond donors (Lipinski definition) is 3. The molecule has 2 aliphatic carbocycles. The molecule has 43 heavy (non-hydrogen) atoms. The van der Waals surface area contributed by atoms with E-state index in [9.17, 15) is 23.2 Å². The van der Waals surface area contributed by atoms with Crippen LogP contribution in [0.2, 0.25) is 0 Å². The molecule has 0 radical (unpaired) electrons. The second-order valence-corrected chi connectivity index (χ2v) is 11.8. The Morgan fingerprint density at radius 1 is 1.12 bits per heavy atom. The van der Waals surface area contributed by atoms with Crippen LogP contribution in [0.1, 0.15) is 66.9 Å². The highest BCUT2D eigenvalue weighted by atomic mass is 19.3. The summed E-state index contributed by atoms with van der Waals surface area (Å²) in [6, 6.07) is 8.16. The van der Waals surface area contributed by atoms with E-state index in [1.165, 1.54) is 17.1 Å². The van der Waals surface area contributed by atoms with Gasteiger partial charge in [-0.3, -0.25) is 14.4 Å². The summed E-state index contributed by atoms with van der Waals surface area (Å²) in [4.78, 5) is 41.6. The average molecular weight is 593 g/mol. The maximum atomic E-state index is 13.5. The zero-order valence-electron chi connectivity index (χ0n) is 23.5. The Morgan fingerprint density at radius 2 is 1.86 bits per heavy atom. The number of pyridine rings is 1. The van der Waals surface area contributed by atoms with E-state index in [1.54, 1.807) is 50.4 Å². The summed E-state index contributed by atoms with van der Waals surface area (Å²) < 4.78 is 34.0. The Morgan fingerprint density at radius 3 is 2.51 bits per heavy atom. The van der Waals surface area contributed by atoms with Crippen LogP contribution in [0.15, 0.2) is 48.9 Å². The Bertz CT molecular complexity index is 1750. The molecule has 6 rings (SSSR count). The zero-order chi connectivity index (χ0) is 30.7. The summed E-state index contributed by atoms with van der Waals surface area (Å²) in [5, 5.41) is 11.7. The van der Waals surface area contributed by atoms with Gasteiger partial charge >= 0.3 is 6.55 Å². The van der Waals surface area contributed by atoms with Gasteiger partial charge in [0.05, 0.1) is 11.7 Å². The predicted molar refractivity (Wildman–Crippen MR) is 150 cm³/mol. The topological polar surface area (TPSA) is 173 Å². The van der Waals surface area contributed by atoms with Crippen LogP contribution in [0.5, 0.6) is 5.88 Å². The number of nitrogens with zero attached hydrogens (tertiary/aromatic N) is 5. The normalized spacial score (nSPS) is 21.4. The average Bonchev–Trinajstić information content (AvgIpc) is 3.56. The van der Waals surface area contributed by atoms with Gasteiger partial charge in [-0.1, -0.05) is 6.07 Å². The lowest BCUT2D eigenvalue weighted by Crippen LogP contribution is -2.58. The predicted octanol–water partition coefficient (Wildman–Crippen LogP) is 3.13. The molecule has 3 heterocycles. The Balaban J connectivity index is 1.17. The first-order valence-corrected chi connectivity index (χ1v) is 13.7. The van der Waals surface area contributed by atoms with Crippen LogP contribution in [-0.2, 0) is 10.3 Å². The van der Waals surface area contributed by atoms with Crippen molar-refractivity contribution < 1.29 is 27.9 Å². The number of fused-ring (bicyclic) bond motifs is 1. The summed E-state index contributed by atoms with van der Waals surface area (Å²) in [6.45, 7) is 0.395. The van der Waals surface area contributed by atoms with Crippen molar-refractivity contribution in [1.29, 1.82) is 0 Å². The van der Waals surface area contributed by atoms with Gasteiger partial charge in [-0.2, -0.15) is 19.0 Å². The molecule has 0 aliphatic heterocycles. The van der Waals surface area contributed by atoms with Gasteiger partial charge in [0.2, 0.25) is 11.8 Å². The quantitative estimate of drug-likeness (QED) is 0.268. The summed E-state index contributed by atoms with van der Waals surface area (Å²) in [5.41, 5.74) is 11.7. The molecule has 2 fully saturated rings. The van der Waals surface area contributed by atoms with Crippen molar-refractivity contribution in [2.24, 2.45) is 16.9 Å². The Kier molecular flexibility index (Phi) is 6.66. The second-order valence-electron chi connectivity index (χ2n) is 11.8. The third-order valence-electron chi connectivity index (χ3n) is 8.49. The van der Waals surface area contributed by atoms with Crippen molar-refractivity contribution >= 4 is 28.6 Å². The van der Waals surface area contributed by atoms with Crippen LogP contribution in [0.4, 0.5) is 8.78 Å². The van der Waals surface area contributed by atoms with Crippen LogP contribution in [0.3, 0.4) is 0 Å². The third-order valence-corrected chi connectivity index (χ3v) is 8.49. The second kappa shape index (κ2) is 10.1. The van der Waals surface area contributed by atoms with Crippen molar-refractivity contribution in [3.05, 3.63) is 60.2 Å². The minimum absolute atomic E-state index is 0.0389. The molecule has 0 bridgehead atoms. The molecular weight excluding hydrogens is 562 g/mol. The number of amides is 3. The number of rotatable bonds is 9. The minimum Gasteiger partial charge on any atom is -0.474 e. The number of aromatic nitrogens is 5. The molecule has 4 aromatic rings. The lowest BCUT2D eigenvalue weighted by atomic mass is 9.53. The number of carbonyl (C=O) groups excluding carboxylic acids is 3. The number of hydrogen-bond acceptors (Lipinski definition) is 7. The molecule has 2 aliphatic rings. The largest absolute Gasteiger partial charge is 0.474 e. The van der Waals surface area contributed by atoms with Gasteiger partial charge in [-0.15, -0.1) is 0 Å². The first-order chi connectivity index (χ1) is 20.4. The molecule has 0 atom stereocenters. The monoisotopic (exact) mass is 592 g/mol. The SMILES string of the molecule is CC(C)(C(N)=O)n1nc(C(=O)NC2CC3(C2)CC(Oc2ncccc2C(N)=O)C3)c2ccc(-c3cnn(C(F)F)c3)cc21. The maximum Gasteiger partial charge on any atom is 0.333 e. The highest BCUT2D eigenvalue weighted by Crippen LogP contribution is 2.56. The van der Waals surface area contributed by atoms with Crippen molar-refractivity contribution in [3.8, 4) is 17.0 Å². The van der Waals surface area contributed by atoms with Crippen molar-refractivity contribution in [1.82, 2.24) is 29.9 Å². The van der Waals surface area contributed by atoms with Crippen LogP contribution < -0.4 is 21.5 Å². The van der Waals surface area contributed by atoms with E-state index >= 15 is 0 Å². The number of benzene rings is 1. The van der Waals surface area contributed by atoms with Crippen molar-refractivity contribution in [2.75, 3.05) is 0 Å². The smallest absolute Gasteiger partial charge is 0.333 e. The van der Waals surface area contributed by atoms with E-state index in [0.29, 0.717) is 26.7 Å². The third kappa shape index (κ3) is 4.96. The van der Waals surface area contributed by atoms with Crippen LogP contribution in [0, 0.1) is 5.41 Å². The number of primary amides is 2. The van der Waals surface area contributed by atoms with Crippen LogP contribution in [0.25, 0.3) is 22.0 Å². The molecule has 14 heteroatoms. The number of halogens is 2. The number of ether oxygens (including phenoxy) is 1. The van der Waals surface area contributed by atoms with Gasteiger partial charge in [0.1, 0.15) is 17.2 Å². The fraction of sp³-hybridized carbons (Fsp3) is 0.379. The molecule has 224 valence electrons. The van der Waals surface area contributed by atoms with Crippen molar-refractivity contribution in [3.63, 3.8) is 0 Å². The fourth-order valence-electron chi connectivity index (χ4n) is 6.08. The van der Waals surface area contributed by atoms with Gasteiger partial charge in [0.15, 0.2) is 5.69 Å². The summed E-state index contributed by atoms with van der Waals surface area (Å²) in [7, 11) is 0. The molecule has 5 N–H and O–H groups in total. The summed E-state index contributed by atoms with van der Waals surface area (Å²) >= 11 is 0. The molecular formula is C29H30F2N8O4. The standard InChI is InChI=1S/C29H30F2N8O4/c1-28(2,26(33)42)39-21-8-15(16-13-35-38(14-16)27(30)31)5-6-19(21)22(37-39)24(41)36-17-9-29(10-17)11-18(12-29)43-25-20(23(32)40)4-3-7-34-25/h3-8,13-14,17-18,27H,9-12H2,1-2H3,(H2,32,40)(H2,33,42)(H,36,41). The number of alkyl halides is 2.